The SMILES string of the molecule is CC(=O)N[C@H](C)C(=O)Nc1ccc([N+](=O)[O-])cc1. The van der Waals surface area contributed by atoms with E-state index in [2.05, 4.69) is 10.6 Å². The summed E-state index contributed by atoms with van der Waals surface area (Å²) < 4.78 is 0. The fourth-order valence-corrected chi connectivity index (χ4v) is 1.29. The zero-order chi connectivity index (χ0) is 13.7. The molecule has 1 aromatic rings. The lowest BCUT2D eigenvalue weighted by Crippen LogP contribution is -2.40. The van der Waals surface area contributed by atoms with Gasteiger partial charge in [-0.15, -0.1) is 0 Å². The Kier molecular flexibility index (Phi) is 4.36. The molecule has 18 heavy (non-hydrogen) atoms. The molecule has 1 atom stereocenters. The Balaban J connectivity index is 2.64. The van der Waals surface area contributed by atoms with Gasteiger partial charge >= 0.3 is 0 Å². The number of carbonyl (C=O) groups is 2. The Morgan fingerprint density at radius 2 is 1.83 bits per heavy atom. The Morgan fingerprint density at radius 3 is 2.28 bits per heavy atom. The smallest absolute Gasteiger partial charge is 0.269 e. The summed E-state index contributed by atoms with van der Waals surface area (Å²) >= 11 is 0. The molecule has 2 amide bonds. The third-order valence-corrected chi connectivity index (χ3v) is 2.16. The molecule has 0 fully saturated rings. The first-order chi connectivity index (χ1) is 8.40. The quantitative estimate of drug-likeness (QED) is 0.617. The number of nitro groups is 1. The lowest BCUT2D eigenvalue weighted by Gasteiger charge is -2.12. The molecule has 0 aliphatic heterocycles. The van der Waals surface area contributed by atoms with Gasteiger partial charge in [0.25, 0.3) is 5.69 Å². The van der Waals surface area contributed by atoms with Crippen LogP contribution >= 0.6 is 0 Å². The molecule has 0 heterocycles. The number of non-ortho nitro benzene ring substituents is 1. The largest absolute Gasteiger partial charge is 0.345 e. The highest BCUT2D eigenvalue weighted by Gasteiger charge is 2.14. The van der Waals surface area contributed by atoms with E-state index in [1.807, 2.05) is 0 Å². The molecule has 96 valence electrons. The van der Waals surface area contributed by atoms with E-state index < -0.39 is 11.0 Å². The van der Waals surface area contributed by atoms with E-state index in [4.69, 9.17) is 0 Å². The van der Waals surface area contributed by atoms with Crippen LogP contribution in [0.1, 0.15) is 13.8 Å². The number of anilines is 1. The maximum Gasteiger partial charge on any atom is 0.269 e. The molecule has 0 bridgehead atoms. The Bertz CT molecular complexity index is 470. The number of carbonyl (C=O) groups excluding carboxylic acids is 2. The minimum Gasteiger partial charge on any atom is -0.345 e. The third-order valence-electron chi connectivity index (χ3n) is 2.16. The van der Waals surface area contributed by atoms with E-state index in [0.717, 1.165) is 0 Å². The second kappa shape index (κ2) is 5.76. The van der Waals surface area contributed by atoms with Gasteiger partial charge in [-0.2, -0.15) is 0 Å². The van der Waals surface area contributed by atoms with Crippen molar-refractivity contribution in [2.45, 2.75) is 19.9 Å². The van der Waals surface area contributed by atoms with E-state index >= 15 is 0 Å². The number of rotatable bonds is 4. The van der Waals surface area contributed by atoms with Crippen LogP contribution in [0.2, 0.25) is 0 Å². The van der Waals surface area contributed by atoms with Gasteiger partial charge in [0.15, 0.2) is 0 Å². The topological polar surface area (TPSA) is 101 Å². The third kappa shape index (κ3) is 3.85. The fraction of sp³-hybridized carbons (Fsp3) is 0.273. The molecule has 7 nitrogen and oxygen atoms in total. The molecule has 0 radical (unpaired) electrons. The van der Waals surface area contributed by atoms with Gasteiger partial charge in [0.1, 0.15) is 6.04 Å². The summed E-state index contributed by atoms with van der Waals surface area (Å²) in [7, 11) is 0. The number of benzene rings is 1. The van der Waals surface area contributed by atoms with Gasteiger partial charge in [-0.1, -0.05) is 0 Å². The molecule has 0 saturated heterocycles. The first-order valence-corrected chi connectivity index (χ1v) is 5.22. The number of nitro benzene ring substituents is 1. The van der Waals surface area contributed by atoms with Gasteiger partial charge in [-0.25, -0.2) is 0 Å². The van der Waals surface area contributed by atoms with E-state index in [1.165, 1.54) is 31.2 Å². The first kappa shape index (κ1) is 13.6. The van der Waals surface area contributed by atoms with Crippen molar-refractivity contribution < 1.29 is 14.5 Å². The molecule has 1 aromatic carbocycles. The summed E-state index contributed by atoms with van der Waals surface area (Å²) in [6, 6.07) is 4.77. The highest BCUT2D eigenvalue weighted by molar-refractivity contribution is 5.96. The van der Waals surface area contributed by atoms with E-state index in [1.54, 1.807) is 6.92 Å². The molecular weight excluding hydrogens is 238 g/mol. The van der Waals surface area contributed by atoms with Crippen LogP contribution in [0.3, 0.4) is 0 Å². The van der Waals surface area contributed by atoms with Gasteiger partial charge in [0.2, 0.25) is 11.8 Å². The van der Waals surface area contributed by atoms with E-state index in [0.29, 0.717) is 5.69 Å². The number of hydrogen-bond donors (Lipinski definition) is 2. The summed E-state index contributed by atoms with van der Waals surface area (Å²) in [4.78, 5) is 32.3. The predicted octanol–water partition coefficient (Wildman–Crippen LogP) is 1.06. The molecule has 0 saturated carbocycles. The van der Waals surface area contributed by atoms with E-state index in [9.17, 15) is 19.7 Å². The summed E-state index contributed by atoms with van der Waals surface area (Å²) in [5, 5.41) is 15.4. The number of nitrogens with one attached hydrogen (secondary N) is 2. The molecule has 0 aromatic heterocycles. The summed E-state index contributed by atoms with van der Waals surface area (Å²) in [6.45, 7) is 2.86. The average molecular weight is 251 g/mol. The molecule has 0 aliphatic rings. The number of nitrogens with zero attached hydrogens (tertiary/aromatic N) is 1. The van der Waals surface area contributed by atoms with Crippen molar-refractivity contribution in [1.29, 1.82) is 0 Å². The minimum atomic E-state index is -0.669. The second-order valence-electron chi connectivity index (χ2n) is 3.72. The molecule has 0 aliphatic carbocycles. The number of amides is 2. The molecule has 0 spiro atoms. The Morgan fingerprint density at radius 1 is 1.28 bits per heavy atom. The maximum absolute atomic E-state index is 11.6. The Hall–Kier alpha value is -2.44. The van der Waals surface area contributed by atoms with Crippen LogP contribution in [-0.2, 0) is 9.59 Å². The second-order valence-corrected chi connectivity index (χ2v) is 3.72. The number of hydrogen-bond acceptors (Lipinski definition) is 4. The van der Waals surface area contributed by atoms with Crippen LogP contribution in [-0.4, -0.2) is 22.8 Å². The molecule has 0 unspecified atom stereocenters. The van der Waals surface area contributed by atoms with E-state index in [-0.39, 0.29) is 17.5 Å². The van der Waals surface area contributed by atoms with Gasteiger partial charge in [0, 0.05) is 24.7 Å². The van der Waals surface area contributed by atoms with Crippen LogP contribution < -0.4 is 10.6 Å². The van der Waals surface area contributed by atoms with Gasteiger partial charge in [0.05, 0.1) is 4.92 Å². The molecule has 1 rings (SSSR count). The standard InChI is InChI=1S/C11H13N3O4/c1-7(12-8(2)15)11(16)13-9-3-5-10(6-4-9)14(17)18/h3-7H,1-2H3,(H,12,15)(H,13,16)/t7-/m1/s1. The van der Waals surface area contributed by atoms with Crippen molar-refractivity contribution in [3.05, 3.63) is 34.4 Å². The zero-order valence-corrected chi connectivity index (χ0v) is 9.97. The van der Waals surface area contributed by atoms with Crippen molar-refractivity contribution in [3.8, 4) is 0 Å². The summed E-state index contributed by atoms with van der Waals surface area (Å²) in [5.41, 5.74) is 0.380. The van der Waals surface area contributed by atoms with Crippen molar-refractivity contribution in [1.82, 2.24) is 5.32 Å². The van der Waals surface area contributed by atoms with Crippen LogP contribution in [0.15, 0.2) is 24.3 Å². The highest BCUT2D eigenvalue weighted by atomic mass is 16.6. The van der Waals surface area contributed by atoms with Crippen molar-refractivity contribution in [3.63, 3.8) is 0 Å². The van der Waals surface area contributed by atoms with Gasteiger partial charge in [-0.3, -0.25) is 19.7 Å². The maximum atomic E-state index is 11.6. The lowest BCUT2D eigenvalue weighted by atomic mass is 10.2. The minimum absolute atomic E-state index is 0.0529. The van der Waals surface area contributed by atoms with Crippen LogP contribution in [0, 0.1) is 10.1 Å². The van der Waals surface area contributed by atoms with Gasteiger partial charge < -0.3 is 10.6 Å². The average Bonchev–Trinajstić information content (AvgIpc) is 2.28. The normalized spacial score (nSPS) is 11.4. The van der Waals surface area contributed by atoms with Crippen molar-refractivity contribution in [2.75, 3.05) is 5.32 Å². The van der Waals surface area contributed by atoms with Crippen LogP contribution in [0.25, 0.3) is 0 Å². The van der Waals surface area contributed by atoms with Crippen LogP contribution in [0.4, 0.5) is 11.4 Å². The lowest BCUT2D eigenvalue weighted by molar-refractivity contribution is -0.384. The summed E-state index contributed by atoms with van der Waals surface area (Å²) in [6.07, 6.45) is 0. The monoisotopic (exact) mass is 251 g/mol. The predicted molar refractivity (Wildman–Crippen MR) is 65.0 cm³/mol. The first-order valence-electron chi connectivity index (χ1n) is 5.22. The Labute approximate surface area is 103 Å². The molecular formula is C11H13N3O4. The zero-order valence-electron chi connectivity index (χ0n) is 9.97. The van der Waals surface area contributed by atoms with Crippen LogP contribution in [0.5, 0.6) is 0 Å². The van der Waals surface area contributed by atoms with Gasteiger partial charge in [-0.05, 0) is 19.1 Å². The summed E-state index contributed by atoms with van der Waals surface area (Å²) in [5.74, 6) is -0.694. The van der Waals surface area contributed by atoms with Crippen molar-refractivity contribution in [2.24, 2.45) is 0 Å². The molecule has 2 N–H and O–H groups in total. The fourth-order valence-electron chi connectivity index (χ4n) is 1.29. The molecule has 7 heteroatoms. The van der Waals surface area contributed by atoms with Crippen molar-refractivity contribution >= 4 is 23.2 Å². The highest BCUT2D eigenvalue weighted by Crippen LogP contribution is 2.15.